The monoisotopic (exact) mass is 405 g/mol. The van der Waals surface area contributed by atoms with Gasteiger partial charge in [0.15, 0.2) is 5.78 Å². The number of fused-ring (bicyclic) bond motifs is 1. The van der Waals surface area contributed by atoms with Crippen LogP contribution in [0.1, 0.15) is 47.1 Å². The smallest absolute Gasteiger partial charge is 0.167 e. The molecule has 0 saturated carbocycles. The van der Waals surface area contributed by atoms with E-state index in [-0.39, 0.29) is 11.7 Å². The van der Waals surface area contributed by atoms with Gasteiger partial charge in [0.05, 0.1) is 12.8 Å². The molecule has 2 heterocycles. The van der Waals surface area contributed by atoms with Crippen LogP contribution in [0.25, 0.3) is 10.8 Å². The van der Waals surface area contributed by atoms with Gasteiger partial charge in [-0.25, -0.2) is 0 Å². The van der Waals surface area contributed by atoms with Crippen LogP contribution in [0, 0.1) is 19.8 Å². The summed E-state index contributed by atoms with van der Waals surface area (Å²) in [6.45, 7) is 9.98. The van der Waals surface area contributed by atoms with Crippen molar-refractivity contribution in [1.82, 2.24) is 14.7 Å². The highest BCUT2D eigenvalue weighted by Gasteiger charge is 2.27. The second-order valence-electron chi connectivity index (χ2n) is 8.33. The Morgan fingerprint density at radius 2 is 1.93 bits per heavy atom. The van der Waals surface area contributed by atoms with E-state index in [2.05, 4.69) is 35.5 Å². The SMILES string of the molecule is CCn1nc(C)c(CN2CCC[C@@H](C(=O)c3ccc4cc(OC)ccc4c3)C2)c1C. The third-order valence-corrected chi connectivity index (χ3v) is 6.42. The summed E-state index contributed by atoms with van der Waals surface area (Å²) in [4.78, 5) is 15.7. The van der Waals surface area contributed by atoms with Crippen LogP contribution in [0.4, 0.5) is 0 Å². The predicted molar refractivity (Wildman–Crippen MR) is 120 cm³/mol. The van der Waals surface area contributed by atoms with Crippen molar-refractivity contribution in [2.24, 2.45) is 5.92 Å². The fraction of sp³-hybridized carbons (Fsp3) is 0.440. The second-order valence-corrected chi connectivity index (χ2v) is 8.33. The quantitative estimate of drug-likeness (QED) is 0.554. The van der Waals surface area contributed by atoms with E-state index >= 15 is 0 Å². The fourth-order valence-corrected chi connectivity index (χ4v) is 4.65. The molecule has 0 N–H and O–H groups in total. The van der Waals surface area contributed by atoms with Crippen LogP contribution >= 0.6 is 0 Å². The van der Waals surface area contributed by atoms with Crippen LogP contribution in [-0.2, 0) is 13.1 Å². The number of Topliss-reactive ketones (excluding diaryl/α,β-unsaturated/α-hetero) is 1. The number of hydrogen-bond acceptors (Lipinski definition) is 4. The van der Waals surface area contributed by atoms with Crippen molar-refractivity contribution in [2.75, 3.05) is 20.2 Å². The molecule has 0 unspecified atom stereocenters. The lowest BCUT2D eigenvalue weighted by molar-refractivity contribution is 0.0811. The van der Waals surface area contributed by atoms with E-state index < -0.39 is 0 Å². The molecule has 0 radical (unpaired) electrons. The molecule has 1 fully saturated rings. The van der Waals surface area contributed by atoms with Gasteiger partial charge in [0.2, 0.25) is 0 Å². The molecule has 158 valence electrons. The molecule has 2 aromatic carbocycles. The fourth-order valence-electron chi connectivity index (χ4n) is 4.65. The van der Waals surface area contributed by atoms with Gasteiger partial charge < -0.3 is 4.74 Å². The summed E-state index contributed by atoms with van der Waals surface area (Å²) in [5, 5.41) is 6.82. The Bertz CT molecular complexity index is 1070. The van der Waals surface area contributed by atoms with Crippen molar-refractivity contribution in [3.05, 3.63) is 58.9 Å². The first-order valence-electron chi connectivity index (χ1n) is 10.9. The Balaban J connectivity index is 1.49. The molecule has 0 bridgehead atoms. The van der Waals surface area contributed by atoms with E-state index in [1.165, 1.54) is 11.3 Å². The molecule has 3 aromatic rings. The Hall–Kier alpha value is -2.66. The normalized spacial score (nSPS) is 17.4. The number of methoxy groups -OCH3 is 1. The average Bonchev–Trinajstić information content (AvgIpc) is 3.05. The van der Waals surface area contributed by atoms with E-state index in [0.717, 1.165) is 66.8 Å². The standard InChI is InChI=1S/C25H31N3O2/c1-5-28-18(3)24(17(2)26-28)16-27-12-6-7-22(15-27)25(29)21-9-8-20-14-23(30-4)11-10-19(20)13-21/h8-11,13-14,22H,5-7,12,15-16H2,1-4H3/t22-/m1/s1. The number of ketones is 1. The van der Waals surface area contributed by atoms with Crippen LogP contribution in [-0.4, -0.2) is 40.7 Å². The first kappa shape index (κ1) is 20.6. The highest BCUT2D eigenvalue weighted by molar-refractivity contribution is 6.01. The highest BCUT2D eigenvalue weighted by atomic mass is 16.5. The van der Waals surface area contributed by atoms with Crippen LogP contribution in [0.15, 0.2) is 36.4 Å². The zero-order valence-corrected chi connectivity index (χ0v) is 18.4. The molecule has 30 heavy (non-hydrogen) atoms. The lowest BCUT2D eigenvalue weighted by Gasteiger charge is -2.32. The van der Waals surface area contributed by atoms with E-state index in [4.69, 9.17) is 4.74 Å². The number of carbonyl (C=O) groups is 1. The minimum absolute atomic E-state index is 0.0521. The molecule has 1 aliphatic heterocycles. The minimum Gasteiger partial charge on any atom is -0.497 e. The van der Waals surface area contributed by atoms with E-state index in [9.17, 15) is 4.79 Å². The van der Waals surface area contributed by atoms with Gasteiger partial charge in [0.25, 0.3) is 0 Å². The second kappa shape index (κ2) is 8.60. The van der Waals surface area contributed by atoms with Crippen molar-refractivity contribution in [1.29, 1.82) is 0 Å². The summed E-state index contributed by atoms with van der Waals surface area (Å²) < 4.78 is 7.37. The number of rotatable bonds is 6. The molecular weight excluding hydrogens is 374 g/mol. The largest absolute Gasteiger partial charge is 0.497 e. The first-order chi connectivity index (χ1) is 14.5. The third-order valence-electron chi connectivity index (χ3n) is 6.42. The topological polar surface area (TPSA) is 47.4 Å². The first-order valence-corrected chi connectivity index (χ1v) is 10.9. The summed E-state index contributed by atoms with van der Waals surface area (Å²) in [6.07, 6.45) is 2.02. The average molecular weight is 406 g/mol. The molecular formula is C25H31N3O2. The maximum atomic E-state index is 13.3. The maximum absolute atomic E-state index is 13.3. The molecule has 1 saturated heterocycles. The Kier molecular flexibility index (Phi) is 5.91. The number of aryl methyl sites for hydroxylation is 2. The van der Waals surface area contributed by atoms with Gasteiger partial charge in [0, 0.05) is 42.4 Å². The van der Waals surface area contributed by atoms with Gasteiger partial charge in [-0.2, -0.15) is 5.10 Å². The number of likely N-dealkylation sites (tertiary alicyclic amines) is 1. The molecule has 0 spiro atoms. The predicted octanol–water partition coefficient (Wildman–Crippen LogP) is 4.78. The van der Waals surface area contributed by atoms with Gasteiger partial charge in [0.1, 0.15) is 5.75 Å². The van der Waals surface area contributed by atoms with Crippen molar-refractivity contribution >= 4 is 16.6 Å². The Labute approximate surface area is 178 Å². The molecule has 5 heteroatoms. The summed E-state index contributed by atoms with van der Waals surface area (Å²) in [7, 11) is 1.67. The molecule has 5 nitrogen and oxygen atoms in total. The van der Waals surface area contributed by atoms with Gasteiger partial charge >= 0.3 is 0 Å². The number of carbonyl (C=O) groups excluding carboxylic acids is 1. The van der Waals surface area contributed by atoms with E-state index in [1.807, 2.05) is 36.4 Å². The number of piperidine rings is 1. The summed E-state index contributed by atoms with van der Waals surface area (Å²) in [5.41, 5.74) is 4.47. The summed E-state index contributed by atoms with van der Waals surface area (Å²) in [6, 6.07) is 12.0. The Morgan fingerprint density at radius 3 is 2.67 bits per heavy atom. The van der Waals surface area contributed by atoms with Crippen molar-refractivity contribution in [3.63, 3.8) is 0 Å². The Morgan fingerprint density at radius 1 is 1.17 bits per heavy atom. The molecule has 0 amide bonds. The number of benzene rings is 2. The number of nitrogens with zero attached hydrogens (tertiary/aromatic N) is 3. The lowest BCUT2D eigenvalue weighted by atomic mass is 9.89. The lowest BCUT2D eigenvalue weighted by Crippen LogP contribution is -2.38. The van der Waals surface area contributed by atoms with Gasteiger partial charge in [-0.1, -0.05) is 18.2 Å². The molecule has 1 aromatic heterocycles. The summed E-state index contributed by atoms with van der Waals surface area (Å²) >= 11 is 0. The van der Waals surface area contributed by atoms with Gasteiger partial charge in [-0.15, -0.1) is 0 Å². The minimum atomic E-state index is 0.0521. The van der Waals surface area contributed by atoms with E-state index in [0.29, 0.717) is 0 Å². The van der Waals surface area contributed by atoms with Crippen molar-refractivity contribution in [2.45, 2.75) is 46.7 Å². The summed E-state index contributed by atoms with van der Waals surface area (Å²) in [5.74, 6) is 1.15. The van der Waals surface area contributed by atoms with Crippen LogP contribution in [0.3, 0.4) is 0 Å². The zero-order chi connectivity index (χ0) is 21.3. The van der Waals surface area contributed by atoms with Gasteiger partial charge in [-0.3, -0.25) is 14.4 Å². The maximum Gasteiger partial charge on any atom is 0.167 e. The van der Waals surface area contributed by atoms with Crippen LogP contribution in [0.2, 0.25) is 0 Å². The van der Waals surface area contributed by atoms with Crippen molar-refractivity contribution < 1.29 is 9.53 Å². The zero-order valence-electron chi connectivity index (χ0n) is 18.4. The van der Waals surface area contributed by atoms with E-state index in [1.54, 1.807) is 7.11 Å². The highest BCUT2D eigenvalue weighted by Crippen LogP contribution is 2.27. The molecule has 1 atom stereocenters. The number of ether oxygens (including phenoxy) is 1. The third kappa shape index (κ3) is 3.99. The molecule has 4 rings (SSSR count). The van der Waals surface area contributed by atoms with Gasteiger partial charge in [-0.05, 0) is 69.1 Å². The number of aromatic nitrogens is 2. The van der Waals surface area contributed by atoms with Crippen molar-refractivity contribution in [3.8, 4) is 5.75 Å². The molecule has 0 aliphatic carbocycles. The number of hydrogen-bond donors (Lipinski definition) is 0. The van der Waals surface area contributed by atoms with Crippen LogP contribution < -0.4 is 4.74 Å². The molecule has 1 aliphatic rings. The van der Waals surface area contributed by atoms with Crippen LogP contribution in [0.5, 0.6) is 5.75 Å².